The number of fused-ring (bicyclic) bond motifs is 1. The first-order chi connectivity index (χ1) is 13.4. The van der Waals surface area contributed by atoms with Crippen molar-refractivity contribution >= 4 is 11.3 Å². The first-order valence-corrected chi connectivity index (χ1v) is 10.5. The van der Waals surface area contributed by atoms with Crippen molar-refractivity contribution in [1.82, 2.24) is 24.6 Å². The standard InChI is InChI=1S/C20H23N5OS/c1-2-5-15(6-3-1)16-14-27-19(21-16)13-24-9-8-18-22-23-20(25(18)11-10-24)17-7-4-12-26-17/h1-3,5-6,14,17H,4,7-13H2. The van der Waals surface area contributed by atoms with Gasteiger partial charge < -0.3 is 9.30 Å². The Morgan fingerprint density at radius 3 is 2.89 bits per heavy atom. The molecule has 5 rings (SSSR count). The summed E-state index contributed by atoms with van der Waals surface area (Å²) in [4.78, 5) is 7.32. The second-order valence-electron chi connectivity index (χ2n) is 7.15. The van der Waals surface area contributed by atoms with E-state index >= 15 is 0 Å². The van der Waals surface area contributed by atoms with Gasteiger partial charge in [-0.05, 0) is 12.8 Å². The van der Waals surface area contributed by atoms with E-state index in [0.29, 0.717) is 0 Å². The summed E-state index contributed by atoms with van der Waals surface area (Å²) in [5.41, 5.74) is 2.26. The summed E-state index contributed by atoms with van der Waals surface area (Å²) in [6.07, 6.45) is 3.23. The Morgan fingerprint density at radius 1 is 1.11 bits per heavy atom. The molecule has 6 nitrogen and oxygen atoms in total. The third kappa shape index (κ3) is 3.54. The van der Waals surface area contributed by atoms with Crippen molar-refractivity contribution < 1.29 is 4.74 Å². The van der Waals surface area contributed by atoms with Crippen LogP contribution in [0.15, 0.2) is 35.7 Å². The Labute approximate surface area is 162 Å². The normalized spacial score (nSPS) is 20.5. The minimum absolute atomic E-state index is 0.130. The minimum Gasteiger partial charge on any atom is -0.370 e. The third-order valence-electron chi connectivity index (χ3n) is 5.35. The van der Waals surface area contributed by atoms with Crippen LogP contribution >= 0.6 is 11.3 Å². The first kappa shape index (κ1) is 17.0. The van der Waals surface area contributed by atoms with Crippen molar-refractivity contribution in [1.29, 1.82) is 0 Å². The molecule has 4 heterocycles. The molecule has 2 aliphatic heterocycles. The number of nitrogens with zero attached hydrogens (tertiary/aromatic N) is 5. The van der Waals surface area contributed by atoms with Gasteiger partial charge in [0.1, 0.15) is 16.9 Å². The number of hydrogen-bond acceptors (Lipinski definition) is 6. The molecular formula is C20H23N5OS. The monoisotopic (exact) mass is 381 g/mol. The van der Waals surface area contributed by atoms with E-state index in [1.165, 1.54) is 10.6 Å². The van der Waals surface area contributed by atoms with E-state index in [1.807, 2.05) is 6.07 Å². The molecule has 0 spiro atoms. The predicted molar refractivity (Wildman–Crippen MR) is 104 cm³/mol. The van der Waals surface area contributed by atoms with Crippen LogP contribution < -0.4 is 0 Å². The molecule has 1 aromatic carbocycles. The minimum atomic E-state index is 0.130. The summed E-state index contributed by atoms with van der Waals surface area (Å²) < 4.78 is 8.11. The van der Waals surface area contributed by atoms with Crippen molar-refractivity contribution in [2.24, 2.45) is 0 Å². The van der Waals surface area contributed by atoms with Gasteiger partial charge >= 0.3 is 0 Å². The van der Waals surface area contributed by atoms with Crippen LogP contribution in [0.2, 0.25) is 0 Å². The van der Waals surface area contributed by atoms with Gasteiger partial charge in [-0.25, -0.2) is 4.98 Å². The van der Waals surface area contributed by atoms with Gasteiger partial charge in [0, 0.05) is 43.6 Å². The summed E-state index contributed by atoms with van der Waals surface area (Å²) in [7, 11) is 0. The van der Waals surface area contributed by atoms with Crippen LogP contribution in [0.3, 0.4) is 0 Å². The zero-order valence-electron chi connectivity index (χ0n) is 15.3. The Morgan fingerprint density at radius 2 is 2.04 bits per heavy atom. The maximum atomic E-state index is 5.83. The number of thiazole rings is 1. The maximum Gasteiger partial charge on any atom is 0.162 e. The van der Waals surface area contributed by atoms with Gasteiger partial charge in [0.25, 0.3) is 0 Å². The van der Waals surface area contributed by atoms with Crippen LogP contribution in [0.5, 0.6) is 0 Å². The van der Waals surface area contributed by atoms with Gasteiger partial charge in [-0.1, -0.05) is 30.3 Å². The van der Waals surface area contributed by atoms with E-state index in [1.54, 1.807) is 11.3 Å². The fraction of sp³-hybridized carbons (Fsp3) is 0.450. The average Bonchev–Trinajstić information content (AvgIpc) is 3.43. The highest BCUT2D eigenvalue weighted by Gasteiger charge is 2.27. The van der Waals surface area contributed by atoms with Crippen LogP contribution in [-0.2, 0) is 24.2 Å². The number of benzene rings is 1. The van der Waals surface area contributed by atoms with Crippen molar-refractivity contribution in [2.45, 2.75) is 38.5 Å². The van der Waals surface area contributed by atoms with E-state index in [2.05, 4.69) is 49.3 Å². The highest BCUT2D eigenvalue weighted by Crippen LogP contribution is 2.28. The SMILES string of the molecule is c1ccc(-c2csc(CN3CCc4nnc(C5CCCO5)n4CC3)n2)cc1. The fourth-order valence-electron chi connectivity index (χ4n) is 3.88. The molecule has 0 amide bonds. The molecule has 1 atom stereocenters. The summed E-state index contributed by atoms with van der Waals surface area (Å²) in [6, 6.07) is 10.4. The molecule has 2 aliphatic rings. The Bertz CT molecular complexity index is 900. The van der Waals surface area contributed by atoms with Crippen molar-refractivity contribution in [3.8, 4) is 11.3 Å². The topological polar surface area (TPSA) is 56.1 Å². The average molecular weight is 382 g/mol. The van der Waals surface area contributed by atoms with E-state index in [-0.39, 0.29) is 6.10 Å². The molecule has 0 radical (unpaired) electrons. The smallest absolute Gasteiger partial charge is 0.162 e. The highest BCUT2D eigenvalue weighted by atomic mass is 32.1. The van der Waals surface area contributed by atoms with Crippen LogP contribution in [-0.4, -0.2) is 44.3 Å². The number of ether oxygens (including phenoxy) is 1. The Kier molecular flexibility index (Phi) is 4.73. The van der Waals surface area contributed by atoms with Crippen LogP contribution in [0.25, 0.3) is 11.3 Å². The fourth-order valence-corrected chi connectivity index (χ4v) is 4.73. The Hall–Kier alpha value is -2.09. The molecular weight excluding hydrogens is 358 g/mol. The summed E-state index contributed by atoms with van der Waals surface area (Å²) >= 11 is 1.75. The number of aromatic nitrogens is 4. The lowest BCUT2D eigenvalue weighted by atomic mass is 10.2. The summed E-state index contributed by atoms with van der Waals surface area (Å²) in [5.74, 6) is 2.11. The Balaban J connectivity index is 1.26. The second-order valence-corrected chi connectivity index (χ2v) is 8.09. The lowest BCUT2D eigenvalue weighted by Crippen LogP contribution is -2.26. The molecule has 1 unspecified atom stereocenters. The van der Waals surface area contributed by atoms with Crippen molar-refractivity contribution in [3.63, 3.8) is 0 Å². The molecule has 0 saturated carbocycles. The molecule has 0 aliphatic carbocycles. The lowest BCUT2D eigenvalue weighted by molar-refractivity contribution is 0.101. The zero-order valence-corrected chi connectivity index (χ0v) is 16.1. The van der Waals surface area contributed by atoms with Gasteiger partial charge in [-0.15, -0.1) is 21.5 Å². The quantitative estimate of drug-likeness (QED) is 0.694. The molecule has 1 fully saturated rings. The molecule has 27 heavy (non-hydrogen) atoms. The third-order valence-corrected chi connectivity index (χ3v) is 6.18. The molecule has 2 aromatic heterocycles. The zero-order chi connectivity index (χ0) is 18.1. The molecule has 7 heteroatoms. The highest BCUT2D eigenvalue weighted by molar-refractivity contribution is 7.09. The molecule has 0 bridgehead atoms. The number of hydrogen-bond donors (Lipinski definition) is 0. The van der Waals surface area contributed by atoms with Crippen LogP contribution in [0, 0.1) is 0 Å². The second kappa shape index (κ2) is 7.50. The van der Waals surface area contributed by atoms with Crippen LogP contribution in [0.1, 0.15) is 35.6 Å². The van der Waals surface area contributed by atoms with Gasteiger partial charge in [-0.2, -0.15) is 0 Å². The van der Waals surface area contributed by atoms with Crippen molar-refractivity contribution in [3.05, 3.63) is 52.4 Å². The first-order valence-electron chi connectivity index (χ1n) is 9.62. The molecule has 140 valence electrons. The predicted octanol–water partition coefficient (Wildman–Crippen LogP) is 3.31. The lowest BCUT2D eigenvalue weighted by Gasteiger charge is -2.18. The van der Waals surface area contributed by atoms with E-state index < -0.39 is 0 Å². The molecule has 3 aromatic rings. The van der Waals surface area contributed by atoms with E-state index in [0.717, 1.165) is 69.4 Å². The molecule has 0 N–H and O–H groups in total. The van der Waals surface area contributed by atoms with Gasteiger partial charge in [-0.3, -0.25) is 4.90 Å². The van der Waals surface area contributed by atoms with E-state index in [4.69, 9.17) is 9.72 Å². The molecule has 1 saturated heterocycles. The van der Waals surface area contributed by atoms with Gasteiger partial charge in [0.2, 0.25) is 0 Å². The summed E-state index contributed by atoms with van der Waals surface area (Å²) in [6.45, 7) is 4.64. The van der Waals surface area contributed by atoms with Gasteiger partial charge in [0.05, 0.1) is 12.2 Å². The van der Waals surface area contributed by atoms with Crippen LogP contribution in [0.4, 0.5) is 0 Å². The number of rotatable bonds is 4. The van der Waals surface area contributed by atoms with Gasteiger partial charge in [0.15, 0.2) is 5.82 Å². The van der Waals surface area contributed by atoms with Crippen molar-refractivity contribution in [2.75, 3.05) is 19.7 Å². The van der Waals surface area contributed by atoms with E-state index in [9.17, 15) is 0 Å². The summed E-state index contributed by atoms with van der Waals surface area (Å²) in [5, 5.41) is 12.2. The maximum absolute atomic E-state index is 5.83. The largest absolute Gasteiger partial charge is 0.370 e.